The number of aliphatic carboxylic acids is 4. The highest BCUT2D eigenvalue weighted by Crippen LogP contribution is 1.94. The van der Waals surface area contributed by atoms with Gasteiger partial charge in [0.15, 0.2) is 0 Å². The highest BCUT2D eigenvalue weighted by atomic mass is 16.4. The zero-order chi connectivity index (χ0) is 16.6. The molecule has 0 aliphatic rings. The second-order valence-electron chi connectivity index (χ2n) is 3.83. The topological polar surface area (TPSA) is 156 Å². The monoisotopic (exact) mass is 293 g/mol. The van der Waals surface area contributed by atoms with Crippen LogP contribution >= 0.6 is 0 Å². The van der Waals surface area contributed by atoms with Crippen LogP contribution in [0.2, 0.25) is 0 Å². The molecule has 0 radical (unpaired) electrons. The van der Waals surface area contributed by atoms with Crippen molar-refractivity contribution in [3.05, 3.63) is 0 Å². The SMILES string of the molecule is [2H]C(C(=O)O)N(CCN(CC(=O)O)CC(=O)O)CC(=O)O. The van der Waals surface area contributed by atoms with Crippen molar-refractivity contribution >= 4 is 23.9 Å². The number of hydrogen-bond acceptors (Lipinski definition) is 6. The third-order valence-electron chi connectivity index (χ3n) is 2.05. The Balaban J connectivity index is 4.72. The Bertz CT molecular complexity index is 400. The smallest absolute Gasteiger partial charge is 0.317 e. The first-order valence-electron chi connectivity index (χ1n) is 5.98. The Labute approximate surface area is 115 Å². The van der Waals surface area contributed by atoms with Crippen molar-refractivity contribution in [3.63, 3.8) is 0 Å². The molecule has 114 valence electrons. The first-order chi connectivity index (χ1) is 9.63. The van der Waals surface area contributed by atoms with Crippen LogP contribution < -0.4 is 0 Å². The molecule has 0 aliphatic carbocycles. The summed E-state index contributed by atoms with van der Waals surface area (Å²) in [6, 6.07) is 0. The number of nitrogens with zero attached hydrogens (tertiary/aromatic N) is 2. The summed E-state index contributed by atoms with van der Waals surface area (Å²) in [4.78, 5) is 44.3. The normalized spacial score (nSPS) is 13.0. The van der Waals surface area contributed by atoms with Gasteiger partial charge in [-0.1, -0.05) is 0 Å². The molecule has 0 aromatic rings. The van der Waals surface area contributed by atoms with Gasteiger partial charge in [-0.25, -0.2) is 0 Å². The van der Waals surface area contributed by atoms with Crippen molar-refractivity contribution in [1.82, 2.24) is 9.80 Å². The largest absolute Gasteiger partial charge is 0.480 e. The lowest BCUT2D eigenvalue weighted by Crippen LogP contribution is -2.43. The van der Waals surface area contributed by atoms with Gasteiger partial charge in [-0.05, 0) is 0 Å². The lowest BCUT2D eigenvalue weighted by molar-refractivity contribution is -0.145. The quantitative estimate of drug-likeness (QED) is 0.333. The maximum Gasteiger partial charge on any atom is 0.317 e. The van der Waals surface area contributed by atoms with E-state index in [2.05, 4.69) is 0 Å². The summed E-state index contributed by atoms with van der Waals surface area (Å²) >= 11 is 0. The van der Waals surface area contributed by atoms with Gasteiger partial charge in [0.2, 0.25) is 0 Å². The standard InChI is InChI=1S/C10H16N2O8/c13-7(14)3-11(4-8(15)16)1-2-12(5-9(17)18)6-10(19)20/h1-6H2,(H,13,14)(H,15,16)(H,17,18)(H,19,20)/i3D. The van der Waals surface area contributed by atoms with Crippen LogP contribution in [0.15, 0.2) is 0 Å². The maximum absolute atomic E-state index is 10.7. The Morgan fingerprint density at radius 2 is 1.05 bits per heavy atom. The molecule has 4 N–H and O–H groups in total. The minimum atomic E-state index is -1.84. The molecule has 0 aromatic carbocycles. The van der Waals surface area contributed by atoms with E-state index in [1.165, 1.54) is 0 Å². The van der Waals surface area contributed by atoms with E-state index in [0.29, 0.717) is 0 Å². The molecule has 0 aliphatic heterocycles. The third-order valence-corrected chi connectivity index (χ3v) is 2.05. The van der Waals surface area contributed by atoms with Crippen LogP contribution in [0.3, 0.4) is 0 Å². The Kier molecular flexibility index (Phi) is 7.00. The van der Waals surface area contributed by atoms with E-state index in [4.69, 9.17) is 21.8 Å². The predicted molar refractivity (Wildman–Crippen MR) is 63.4 cm³/mol. The summed E-state index contributed by atoms with van der Waals surface area (Å²) in [5.41, 5.74) is 0. The first kappa shape index (κ1) is 15.9. The number of rotatable bonds is 11. The average Bonchev–Trinajstić information content (AvgIpc) is 2.31. The van der Waals surface area contributed by atoms with Crippen molar-refractivity contribution in [2.24, 2.45) is 0 Å². The van der Waals surface area contributed by atoms with Crippen molar-refractivity contribution in [3.8, 4) is 0 Å². The van der Waals surface area contributed by atoms with E-state index in [-0.39, 0.29) is 13.1 Å². The molecule has 0 bridgehead atoms. The van der Waals surface area contributed by atoms with Gasteiger partial charge < -0.3 is 20.4 Å². The molecule has 1 unspecified atom stereocenters. The minimum Gasteiger partial charge on any atom is -0.480 e. The Morgan fingerprint density at radius 3 is 1.40 bits per heavy atom. The molecule has 0 aromatic heterocycles. The number of carboxylic acid groups (broad SMARTS) is 4. The van der Waals surface area contributed by atoms with Crippen LogP contribution in [0.1, 0.15) is 1.37 Å². The van der Waals surface area contributed by atoms with E-state index in [1.54, 1.807) is 0 Å². The zero-order valence-corrected chi connectivity index (χ0v) is 10.4. The third kappa shape index (κ3) is 9.79. The number of carbonyl (C=O) groups is 4. The van der Waals surface area contributed by atoms with Gasteiger partial charge in [-0.3, -0.25) is 29.0 Å². The van der Waals surface area contributed by atoms with Crippen LogP contribution in [-0.2, 0) is 19.2 Å². The molecule has 0 spiro atoms. The van der Waals surface area contributed by atoms with E-state index >= 15 is 0 Å². The summed E-state index contributed by atoms with van der Waals surface area (Å²) in [6.45, 7) is -4.22. The van der Waals surface area contributed by atoms with Crippen LogP contribution in [0.5, 0.6) is 0 Å². The lowest BCUT2D eigenvalue weighted by Gasteiger charge is -2.23. The lowest BCUT2D eigenvalue weighted by atomic mass is 10.4. The summed E-state index contributed by atoms with van der Waals surface area (Å²) in [7, 11) is 0. The van der Waals surface area contributed by atoms with E-state index < -0.39 is 50.0 Å². The maximum atomic E-state index is 10.7. The molecular weight excluding hydrogens is 276 g/mol. The second kappa shape index (κ2) is 8.82. The van der Waals surface area contributed by atoms with Crippen LogP contribution in [0.25, 0.3) is 0 Å². The molecule has 0 saturated heterocycles. The number of hydrogen-bond donors (Lipinski definition) is 4. The highest BCUT2D eigenvalue weighted by Gasteiger charge is 2.17. The molecular formula is C10H16N2O8. The Hall–Kier alpha value is -2.20. The van der Waals surface area contributed by atoms with Gasteiger partial charge in [-0.15, -0.1) is 0 Å². The average molecular weight is 293 g/mol. The first-order valence-corrected chi connectivity index (χ1v) is 5.40. The molecule has 0 heterocycles. The van der Waals surface area contributed by atoms with E-state index in [1.807, 2.05) is 0 Å². The molecule has 0 saturated carbocycles. The van der Waals surface area contributed by atoms with E-state index in [0.717, 1.165) is 9.80 Å². The van der Waals surface area contributed by atoms with E-state index in [9.17, 15) is 19.2 Å². The zero-order valence-electron chi connectivity index (χ0n) is 11.4. The van der Waals surface area contributed by atoms with Crippen LogP contribution in [-0.4, -0.2) is 93.3 Å². The van der Waals surface area contributed by atoms with Gasteiger partial charge in [0, 0.05) is 13.1 Å². The molecule has 0 fully saturated rings. The summed E-state index contributed by atoms with van der Waals surface area (Å²) in [5.74, 6) is -5.46. The van der Waals surface area contributed by atoms with Gasteiger partial charge in [0.05, 0.1) is 27.5 Å². The highest BCUT2D eigenvalue weighted by molar-refractivity contribution is 5.73. The van der Waals surface area contributed by atoms with Crippen molar-refractivity contribution in [1.29, 1.82) is 0 Å². The van der Waals surface area contributed by atoms with Crippen LogP contribution in [0, 0.1) is 0 Å². The molecule has 0 amide bonds. The molecule has 0 rings (SSSR count). The summed E-state index contributed by atoms with van der Waals surface area (Å²) < 4.78 is 7.32. The molecule has 10 nitrogen and oxygen atoms in total. The molecule has 10 heteroatoms. The van der Waals surface area contributed by atoms with Crippen molar-refractivity contribution < 1.29 is 41.0 Å². The van der Waals surface area contributed by atoms with Crippen molar-refractivity contribution in [2.45, 2.75) is 0 Å². The predicted octanol–water partition coefficient (Wildman–Crippen LogP) is -2.07. The van der Waals surface area contributed by atoms with Crippen LogP contribution in [0.4, 0.5) is 0 Å². The van der Waals surface area contributed by atoms with Gasteiger partial charge in [0.1, 0.15) is 0 Å². The minimum absolute atomic E-state index is 0.200. The van der Waals surface area contributed by atoms with Gasteiger partial charge >= 0.3 is 23.9 Å². The summed E-state index contributed by atoms with van der Waals surface area (Å²) in [5, 5.41) is 34.6. The fraction of sp³-hybridized carbons (Fsp3) is 0.600. The molecule has 1 atom stereocenters. The number of carboxylic acids is 4. The fourth-order valence-corrected chi connectivity index (χ4v) is 1.39. The van der Waals surface area contributed by atoms with Gasteiger partial charge in [0.25, 0.3) is 0 Å². The fourth-order valence-electron chi connectivity index (χ4n) is 1.39. The Morgan fingerprint density at radius 1 is 0.700 bits per heavy atom. The summed E-state index contributed by atoms with van der Waals surface area (Å²) in [6.07, 6.45) is 0. The van der Waals surface area contributed by atoms with Crippen molar-refractivity contribution in [2.75, 3.05) is 39.2 Å². The molecule has 20 heavy (non-hydrogen) atoms. The van der Waals surface area contributed by atoms with Gasteiger partial charge in [-0.2, -0.15) is 0 Å². The second-order valence-corrected chi connectivity index (χ2v) is 3.83.